The van der Waals surface area contributed by atoms with Gasteiger partial charge in [-0.1, -0.05) is 31.5 Å². The number of rotatable bonds is 5. The zero-order valence-corrected chi connectivity index (χ0v) is 14.8. The van der Waals surface area contributed by atoms with Crippen LogP contribution in [-0.2, 0) is 19.6 Å². The molecule has 0 spiro atoms. The molecule has 1 unspecified atom stereocenters. The minimum atomic E-state index is -3.77. The molecule has 1 aromatic carbocycles. The molecule has 1 atom stereocenters. The molecular formula is C16H25NO4S. The van der Waals surface area contributed by atoms with Gasteiger partial charge in [0.05, 0.1) is 4.90 Å². The van der Waals surface area contributed by atoms with E-state index >= 15 is 0 Å². The van der Waals surface area contributed by atoms with Crippen molar-refractivity contribution >= 4 is 16.0 Å². The van der Waals surface area contributed by atoms with Crippen LogP contribution >= 0.6 is 0 Å². The summed E-state index contributed by atoms with van der Waals surface area (Å²) in [5, 5.41) is 0. The zero-order chi connectivity index (χ0) is 17.1. The molecule has 0 fully saturated rings. The number of hydrogen-bond donors (Lipinski definition) is 1. The fraction of sp³-hybridized carbons (Fsp3) is 0.562. The Morgan fingerprint density at radius 2 is 1.64 bits per heavy atom. The van der Waals surface area contributed by atoms with Gasteiger partial charge < -0.3 is 4.74 Å². The Bertz CT molecular complexity index is 613. The van der Waals surface area contributed by atoms with Gasteiger partial charge in [0.1, 0.15) is 11.6 Å². The summed E-state index contributed by atoms with van der Waals surface area (Å²) in [5.74, 6) is -0.798. The Labute approximate surface area is 133 Å². The number of hydrogen-bond acceptors (Lipinski definition) is 4. The molecule has 5 nitrogen and oxygen atoms in total. The highest BCUT2D eigenvalue weighted by Gasteiger charge is 2.31. The van der Waals surface area contributed by atoms with Crippen LogP contribution in [0.5, 0.6) is 0 Å². The minimum Gasteiger partial charge on any atom is -0.459 e. The lowest BCUT2D eigenvalue weighted by molar-refractivity contribution is -0.158. The Morgan fingerprint density at radius 3 is 2.05 bits per heavy atom. The van der Waals surface area contributed by atoms with Gasteiger partial charge in [-0.05, 0) is 45.7 Å². The maximum absolute atomic E-state index is 12.4. The molecule has 0 aliphatic rings. The van der Waals surface area contributed by atoms with Crippen molar-refractivity contribution in [3.05, 3.63) is 29.8 Å². The summed E-state index contributed by atoms with van der Waals surface area (Å²) in [6.45, 7) is 10.7. The van der Waals surface area contributed by atoms with E-state index in [9.17, 15) is 13.2 Å². The van der Waals surface area contributed by atoms with Crippen molar-refractivity contribution in [1.29, 1.82) is 0 Å². The van der Waals surface area contributed by atoms with E-state index < -0.39 is 27.6 Å². The van der Waals surface area contributed by atoms with Gasteiger partial charge in [0.2, 0.25) is 10.0 Å². The molecule has 0 saturated heterocycles. The Hall–Kier alpha value is -1.40. The Kier molecular flexibility index (Phi) is 5.76. The third-order valence-electron chi connectivity index (χ3n) is 2.94. The first kappa shape index (κ1) is 18.6. The predicted molar refractivity (Wildman–Crippen MR) is 86.0 cm³/mol. The summed E-state index contributed by atoms with van der Waals surface area (Å²) >= 11 is 0. The van der Waals surface area contributed by atoms with Crippen molar-refractivity contribution in [3.8, 4) is 0 Å². The second kappa shape index (κ2) is 6.79. The van der Waals surface area contributed by atoms with E-state index in [0.29, 0.717) is 0 Å². The first-order valence-electron chi connectivity index (χ1n) is 7.24. The van der Waals surface area contributed by atoms with Gasteiger partial charge in [-0.2, -0.15) is 4.72 Å². The molecular weight excluding hydrogens is 302 g/mol. The lowest BCUT2D eigenvalue weighted by Crippen LogP contribution is -2.47. The van der Waals surface area contributed by atoms with Crippen LogP contribution in [0.15, 0.2) is 29.2 Å². The van der Waals surface area contributed by atoms with Gasteiger partial charge in [-0.15, -0.1) is 0 Å². The van der Waals surface area contributed by atoms with Crippen molar-refractivity contribution in [2.24, 2.45) is 5.92 Å². The van der Waals surface area contributed by atoms with E-state index in [1.54, 1.807) is 46.8 Å². The molecule has 0 aromatic heterocycles. The molecule has 0 aliphatic carbocycles. The topological polar surface area (TPSA) is 72.5 Å². The van der Waals surface area contributed by atoms with Crippen molar-refractivity contribution in [2.75, 3.05) is 0 Å². The maximum atomic E-state index is 12.4. The fourth-order valence-corrected chi connectivity index (χ4v) is 3.11. The second-order valence-corrected chi connectivity index (χ2v) is 8.40. The molecule has 22 heavy (non-hydrogen) atoms. The SMILES string of the molecule is Cc1ccc(S(=O)(=O)NC(C(=O)OC(C)(C)C)C(C)C)cc1. The summed E-state index contributed by atoms with van der Waals surface area (Å²) in [7, 11) is -3.77. The van der Waals surface area contributed by atoms with Crippen LogP contribution in [0, 0.1) is 12.8 Å². The van der Waals surface area contributed by atoms with E-state index in [2.05, 4.69) is 4.72 Å². The molecule has 1 N–H and O–H groups in total. The van der Waals surface area contributed by atoms with E-state index in [1.807, 2.05) is 6.92 Å². The monoisotopic (exact) mass is 327 g/mol. The molecule has 0 radical (unpaired) electrons. The van der Waals surface area contributed by atoms with Crippen LogP contribution in [0.1, 0.15) is 40.2 Å². The average molecular weight is 327 g/mol. The van der Waals surface area contributed by atoms with Crippen LogP contribution in [-0.4, -0.2) is 26.0 Å². The first-order chi connectivity index (χ1) is 9.92. The number of sulfonamides is 1. The normalized spacial score (nSPS) is 14.0. The van der Waals surface area contributed by atoms with Crippen molar-refractivity contribution in [2.45, 2.75) is 58.1 Å². The van der Waals surface area contributed by atoms with Crippen molar-refractivity contribution < 1.29 is 17.9 Å². The summed E-state index contributed by atoms with van der Waals surface area (Å²) in [6.07, 6.45) is 0. The molecule has 0 heterocycles. The van der Waals surface area contributed by atoms with E-state index in [0.717, 1.165) is 5.56 Å². The summed E-state index contributed by atoms with van der Waals surface area (Å²) < 4.78 is 32.6. The van der Waals surface area contributed by atoms with Gasteiger partial charge in [0.15, 0.2) is 0 Å². The lowest BCUT2D eigenvalue weighted by Gasteiger charge is -2.26. The number of carbonyl (C=O) groups is 1. The first-order valence-corrected chi connectivity index (χ1v) is 8.72. The fourth-order valence-electron chi connectivity index (χ4n) is 1.77. The molecule has 1 aromatic rings. The molecule has 6 heteroatoms. The highest BCUT2D eigenvalue weighted by molar-refractivity contribution is 7.89. The van der Waals surface area contributed by atoms with E-state index in [1.165, 1.54) is 12.1 Å². The van der Waals surface area contributed by atoms with Gasteiger partial charge in [-0.3, -0.25) is 4.79 Å². The van der Waals surface area contributed by atoms with Gasteiger partial charge >= 0.3 is 5.97 Å². The smallest absolute Gasteiger partial charge is 0.324 e. The molecule has 0 aliphatic heterocycles. The van der Waals surface area contributed by atoms with Crippen molar-refractivity contribution in [1.82, 2.24) is 4.72 Å². The standard InChI is InChI=1S/C16H25NO4S/c1-11(2)14(15(18)21-16(4,5)6)17-22(19,20)13-9-7-12(3)8-10-13/h7-11,14,17H,1-6H3. The summed E-state index contributed by atoms with van der Waals surface area (Å²) in [4.78, 5) is 12.3. The van der Waals surface area contributed by atoms with Crippen LogP contribution in [0.3, 0.4) is 0 Å². The van der Waals surface area contributed by atoms with E-state index in [4.69, 9.17) is 4.74 Å². The maximum Gasteiger partial charge on any atom is 0.324 e. The van der Waals surface area contributed by atoms with E-state index in [-0.39, 0.29) is 10.8 Å². The third-order valence-corrected chi connectivity index (χ3v) is 4.40. The number of ether oxygens (including phenoxy) is 1. The number of esters is 1. The van der Waals surface area contributed by atoms with Crippen molar-refractivity contribution in [3.63, 3.8) is 0 Å². The summed E-state index contributed by atoms with van der Waals surface area (Å²) in [5.41, 5.74) is 0.297. The summed E-state index contributed by atoms with van der Waals surface area (Å²) in [6, 6.07) is 5.54. The Balaban J connectivity index is 3.00. The van der Waals surface area contributed by atoms with Gasteiger partial charge in [0.25, 0.3) is 0 Å². The molecule has 124 valence electrons. The largest absolute Gasteiger partial charge is 0.459 e. The van der Waals surface area contributed by atoms with Crippen LogP contribution < -0.4 is 4.72 Å². The number of nitrogens with one attached hydrogen (secondary N) is 1. The molecule has 0 amide bonds. The van der Waals surface area contributed by atoms with Crippen LogP contribution in [0.2, 0.25) is 0 Å². The van der Waals surface area contributed by atoms with Gasteiger partial charge in [0, 0.05) is 0 Å². The number of aryl methyl sites for hydroxylation is 1. The zero-order valence-electron chi connectivity index (χ0n) is 14.0. The predicted octanol–water partition coefficient (Wildman–Crippen LogP) is 2.64. The van der Waals surface area contributed by atoms with Crippen LogP contribution in [0.4, 0.5) is 0 Å². The molecule has 1 rings (SSSR count). The average Bonchev–Trinajstić information content (AvgIpc) is 2.34. The highest BCUT2D eigenvalue weighted by Crippen LogP contribution is 2.16. The number of carbonyl (C=O) groups excluding carboxylic acids is 1. The van der Waals surface area contributed by atoms with Gasteiger partial charge in [-0.25, -0.2) is 8.42 Å². The third kappa shape index (κ3) is 5.42. The quantitative estimate of drug-likeness (QED) is 0.844. The Morgan fingerprint density at radius 1 is 1.14 bits per heavy atom. The molecule has 0 saturated carbocycles. The highest BCUT2D eigenvalue weighted by atomic mass is 32.2. The van der Waals surface area contributed by atoms with Crippen LogP contribution in [0.25, 0.3) is 0 Å². The number of benzene rings is 1. The molecule has 0 bridgehead atoms. The second-order valence-electron chi connectivity index (χ2n) is 6.69. The lowest BCUT2D eigenvalue weighted by atomic mass is 10.1. The minimum absolute atomic E-state index is 0.132.